The van der Waals surface area contributed by atoms with Crippen LogP contribution in [0.2, 0.25) is 0 Å². The van der Waals surface area contributed by atoms with Crippen LogP contribution in [0.3, 0.4) is 0 Å². The van der Waals surface area contributed by atoms with Crippen molar-refractivity contribution in [2.75, 3.05) is 36.6 Å². The minimum absolute atomic E-state index is 0. The summed E-state index contributed by atoms with van der Waals surface area (Å²) < 4.78 is 0. The molecule has 82 valence electrons. The zero-order valence-electron chi connectivity index (χ0n) is 8.32. The third-order valence-electron chi connectivity index (χ3n) is 2.70. The first-order valence-electron chi connectivity index (χ1n) is 4.97. The van der Waals surface area contributed by atoms with Crippen LogP contribution in [0.25, 0.3) is 0 Å². The molecule has 0 aromatic heterocycles. The Labute approximate surface area is 95.0 Å². The van der Waals surface area contributed by atoms with Gasteiger partial charge in [-0.05, 0) is 12.1 Å². The second-order valence-corrected chi connectivity index (χ2v) is 3.59. The molecule has 1 aromatic carbocycles. The molecular formula is C10H14ClN3O. The van der Waals surface area contributed by atoms with Crippen molar-refractivity contribution in [2.45, 2.75) is 0 Å². The van der Waals surface area contributed by atoms with E-state index < -0.39 is 0 Å². The summed E-state index contributed by atoms with van der Waals surface area (Å²) in [5.74, 6) is 0.949. The molecule has 3 rings (SSSR count). The number of fused-ring (bicyclic) bond motifs is 2. The van der Waals surface area contributed by atoms with Gasteiger partial charge in [-0.15, -0.1) is 12.4 Å². The lowest BCUT2D eigenvalue weighted by atomic mass is 10.2. The molecule has 2 bridgehead atoms. The quantitative estimate of drug-likeness (QED) is 0.757. The third kappa shape index (κ3) is 1.70. The largest absolute Gasteiger partial charge is 0.380 e. The van der Waals surface area contributed by atoms with Gasteiger partial charge in [0.15, 0.2) is 5.75 Å². The molecule has 0 aliphatic carbocycles. The Balaban J connectivity index is 0.000000853. The van der Waals surface area contributed by atoms with Crippen molar-refractivity contribution in [3.05, 3.63) is 18.2 Å². The van der Waals surface area contributed by atoms with E-state index in [4.69, 9.17) is 4.84 Å². The highest BCUT2D eigenvalue weighted by Crippen LogP contribution is 2.40. The van der Waals surface area contributed by atoms with Crippen molar-refractivity contribution in [1.82, 2.24) is 5.32 Å². The van der Waals surface area contributed by atoms with Gasteiger partial charge in [0.25, 0.3) is 0 Å². The van der Waals surface area contributed by atoms with Crippen LogP contribution in [0, 0.1) is 0 Å². The van der Waals surface area contributed by atoms with Crippen molar-refractivity contribution in [3.8, 4) is 5.75 Å². The van der Waals surface area contributed by atoms with Gasteiger partial charge >= 0.3 is 0 Å². The van der Waals surface area contributed by atoms with Crippen molar-refractivity contribution < 1.29 is 4.84 Å². The van der Waals surface area contributed by atoms with Gasteiger partial charge in [-0.1, -0.05) is 6.07 Å². The van der Waals surface area contributed by atoms with Gasteiger partial charge in [-0.25, -0.2) is 5.48 Å². The molecule has 15 heavy (non-hydrogen) atoms. The molecule has 1 saturated heterocycles. The highest BCUT2D eigenvalue weighted by molar-refractivity contribution is 5.85. The van der Waals surface area contributed by atoms with E-state index in [-0.39, 0.29) is 12.4 Å². The van der Waals surface area contributed by atoms with Gasteiger partial charge in [0.1, 0.15) is 5.69 Å². The predicted molar refractivity (Wildman–Crippen MR) is 63.0 cm³/mol. The fourth-order valence-corrected chi connectivity index (χ4v) is 2.01. The average Bonchev–Trinajstić information content (AvgIpc) is 2.50. The summed E-state index contributed by atoms with van der Waals surface area (Å²) in [4.78, 5) is 7.72. The molecule has 0 amide bonds. The van der Waals surface area contributed by atoms with E-state index in [0.717, 1.165) is 37.6 Å². The second-order valence-electron chi connectivity index (χ2n) is 3.59. The molecule has 2 aliphatic rings. The van der Waals surface area contributed by atoms with E-state index in [0.29, 0.717) is 0 Å². The number of hydrogen-bond acceptors (Lipinski definition) is 4. The van der Waals surface area contributed by atoms with Gasteiger partial charge in [-0.2, -0.15) is 0 Å². The molecule has 0 radical (unpaired) electrons. The fraction of sp³-hybridized carbons (Fsp3) is 0.400. The lowest BCUT2D eigenvalue weighted by Crippen LogP contribution is -2.43. The standard InChI is InChI=1S/C10H13N3O.ClH/c1-2-8-10(9(3-1)14-12-8)13-6-4-11-5-7-13;/h1-3,11-12H,4-7H2;1H. The van der Waals surface area contributed by atoms with E-state index in [1.165, 1.54) is 5.69 Å². The predicted octanol–water partition coefficient (Wildman–Crippen LogP) is 1.24. The molecule has 0 saturated carbocycles. The van der Waals surface area contributed by atoms with Crippen LogP contribution in [0.5, 0.6) is 5.75 Å². The Morgan fingerprint density at radius 2 is 2.00 bits per heavy atom. The van der Waals surface area contributed by atoms with E-state index >= 15 is 0 Å². The maximum Gasteiger partial charge on any atom is 0.180 e. The fourth-order valence-electron chi connectivity index (χ4n) is 2.01. The molecule has 2 N–H and O–H groups in total. The molecule has 1 fully saturated rings. The Kier molecular flexibility index (Phi) is 2.88. The molecule has 1 aromatic rings. The van der Waals surface area contributed by atoms with E-state index in [2.05, 4.69) is 15.7 Å². The first-order valence-corrected chi connectivity index (χ1v) is 4.97. The Hall–Kier alpha value is -1.13. The maximum atomic E-state index is 5.36. The molecule has 2 aliphatic heterocycles. The summed E-state index contributed by atoms with van der Waals surface area (Å²) in [6.45, 7) is 4.20. The summed E-state index contributed by atoms with van der Waals surface area (Å²) in [6, 6.07) is 6.06. The highest BCUT2D eigenvalue weighted by Gasteiger charge is 2.23. The molecule has 0 unspecified atom stereocenters. The number of hydrogen-bond donors (Lipinski definition) is 2. The van der Waals surface area contributed by atoms with Crippen LogP contribution in [0.15, 0.2) is 18.2 Å². The number of para-hydroxylation sites is 1. The van der Waals surface area contributed by atoms with Gasteiger partial charge in [-0.3, -0.25) is 0 Å². The monoisotopic (exact) mass is 227 g/mol. The zero-order valence-corrected chi connectivity index (χ0v) is 9.14. The molecule has 2 heterocycles. The summed E-state index contributed by atoms with van der Waals surface area (Å²) in [5, 5.41) is 3.34. The topological polar surface area (TPSA) is 36.5 Å². The second kappa shape index (κ2) is 4.16. The lowest BCUT2D eigenvalue weighted by molar-refractivity contribution is 0.422. The van der Waals surface area contributed by atoms with Crippen LogP contribution < -0.4 is 20.5 Å². The average molecular weight is 228 g/mol. The normalized spacial score (nSPS) is 17.7. The first-order chi connectivity index (χ1) is 6.95. The maximum absolute atomic E-state index is 5.36. The van der Waals surface area contributed by atoms with Crippen LogP contribution in [-0.4, -0.2) is 26.2 Å². The Bertz CT molecular complexity index is 330. The van der Waals surface area contributed by atoms with Crippen molar-refractivity contribution >= 4 is 23.8 Å². The summed E-state index contributed by atoms with van der Waals surface area (Å²) in [6.07, 6.45) is 0. The molecule has 0 spiro atoms. The molecule has 4 nitrogen and oxygen atoms in total. The molecule has 5 heteroatoms. The number of piperazine rings is 1. The Morgan fingerprint density at radius 3 is 2.73 bits per heavy atom. The van der Waals surface area contributed by atoms with Gasteiger partial charge in [0, 0.05) is 26.2 Å². The van der Waals surface area contributed by atoms with Crippen LogP contribution in [-0.2, 0) is 0 Å². The van der Waals surface area contributed by atoms with E-state index in [9.17, 15) is 0 Å². The summed E-state index contributed by atoms with van der Waals surface area (Å²) in [5.41, 5.74) is 5.23. The number of nitrogens with zero attached hydrogens (tertiary/aromatic N) is 1. The summed E-state index contributed by atoms with van der Waals surface area (Å²) >= 11 is 0. The van der Waals surface area contributed by atoms with Crippen molar-refractivity contribution in [2.24, 2.45) is 0 Å². The molecular weight excluding hydrogens is 214 g/mol. The zero-order chi connectivity index (χ0) is 9.38. The smallest absolute Gasteiger partial charge is 0.180 e. The van der Waals surface area contributed by atoms with E-state index in [1.54, 1.807) is 0 Å². The number of halogens is 1. The van der Waals surface area contributed by atoms with Gasteiger partial charge in [0.05, 0.1) is 5.69 Å². The Morgan fingerprint density at radius 1 is 1.20 bits per heavy atom. The minimum atomic E-state index is 0. The van der Waals surface area contributed by atoms with Crippen molar-refractivity contribution in [3.63, 3.8) is 0 Å². The molecule has 0 atom stereocenters. The van der Waals surface area contributed by atoms with Crippen LogP contribution in [0.4, 0.5) is 11.4 Å². The number of anilines is 2. The number of benzene rings is 1. The van der Waals surface area contributed by atoms with Gasteiger partial charge < -0.3 is 15.1 Å². The first kappa shape index (κ1) is 10.4. The number of rotatable bonds is 1. The highest BCUT2D eigenvalue weighted by atomic mass is 35.5. The van der Waals surface area contributed by atoms with Crippen LogP contribution >= 0.6 is 12.4 Å². The van der Waals surface area contributed by atoms with Gasteiger partial charge in [0.2, 0.25) is 0 Å². The lowest BCUT2D eigenvalue weighted by Gasteiger charge is -2.28. The summed E-state index contributed by atoms with van der Waals surface area (Å²) in [7, 11) is 0. The number of nitrogens with one attached hydrogen (secondary N) is 2. The SMILES string of the molecule is Cl.c1cc2c(N3CCNCC3)c(c1)ON2. The minimum Gasteiger partial charge on any atom is -0.380 e. The van der Waals surface area contributed by atoms with Crippen molar-refractivity contribution in [1.29, 1.82) is 0 Å². The van der Waals surface area contributed by atoms with E-state index in [1.807, 2.05) is 18.2 Å². The third-order valence-corrected chi connectivity index (χ3v) is 2.70. The van der Waals surface area contributed by atoms with Crippen LogP contribution in [0.1, 0.15) is 0 Å².